The van der Waals surface area contributed by atoms with Crippen LogP contribution in [-0.4, -0.2) is 60.1 Å². The number of nitrogens with one attached hydrogen (secondary N) is 1. The molecule has 4 aliphatic rings. The Morgan fingerprint density at radius 3 is 2.45 bits per heavy atom. The maximum Gasteiger partial charge on any atom is 0.254 e. The van der Waals surface area contributed by atoms with Crippen molar-refractivity contribution in [2.75, 3.05) is 26.2 Å². The molecule has 6 rings (SSSR count). The zero-order valence-corrected chi connectivity index (χ0v) is 23.1. The fraction of sp³-hybridized carbons (Fsp3) is 0.484. The lowest BCUT2D eigenvalue weighted by Crippen LogP contribution is -2.74. The second-order valence-corrected chi connectivity index (χ2v) is 12.7. The highest BCUT2D eigenvalue weighted by molar-refractivity contribution is 6.31. The van der Waals surface area contributed by atoms with Crippen LogP contribution in [0.2, 0.25) is 5.02 Å². The quantitative estimate of drug-likeness (QED) is 0.599. The first-order valence-corrected chi connectivity index (χ1v) is 13.7. The van der Waals surface area contributed by atoms with Crippen molar-refractivity contribution in [1.82, 2.24) is 15.1 Å². The summed E-state index contributed by atoms with van der Waals surface area (Å²) in [5.41, 5.74) is 2.67. The van der Waals surface area contributed by atoms with Crippen LogP contribution in [-0.2, 0) is 6.54 Å². The largest absolute Gasteiger partial charge is 0.489 e. The van der Waals surface area contributed by atoms with Crippen molar-refractivity contribution >= 4 is 17.5 Å². The molecular formula is C31H33ClN4O2. The molecule has 3 aliphatic heterocycles. The Bertz CT molecular complexity index is 1390. The van der Waals surface area contributed by atoms with Crippen LogP contribution in [0.3, 0.4) is 0 Å². The highest BCUT2D eigenvalue weighted by Gasteiger charge is 2.67. The average Bonchev–Trinajstić information content (AvgIpc) is 3.11. The molecule has 0 aromatic heterocycles. The van der Waals surface area contributed by atoms with E-state index in [1.54, 1.807) is 18.2 Å². The van der Waals surface area contributed by atoms with Gasteiger partial charge in [-0.3, -0.25) is 9.69 Å². The molecule has 3 fully saturated rings. The van der Waals surface area contributed by atoms with Gasteiger partial charge in [-0.1, -0.05) is 51.1 Å². The van der Waals surface area contributed by atoms with E-state index < -0.39 is 0 Å². The Labute approximate surface area is 229 Å². The molecule has 1 N–H and O–H groups in total. The van der Waals surface area contributed by atoms with Crippen molar-refractivity contribution in [2.45, 2.75) is 52.4 Å². The molecule has 1 aliphatic carbocycles. The lowest BCUT2D eigenvalue weighted by atomic mass is 9.49. The van der Waals surface area contributed by atoms with Gasteiger partial charge in [0, 0.05) is 78.7 Å². The van der Waals surface area contributed by atoms with Gasteiger partial charge in [0.1, 0.15) is 17.9 Å². The highest BCUT2D eigenvalue weighted by atomic mass is 35.5. The van der Waals surface area contributed by atoms with E-state index >= 15 is 0 Å². The van der Waals surface area contributed by atoms with Gasteiger partial charge < -0.3 is 15.0 Å². The summed E-state index contributed by atoms with van der Waals surface area (Å²) >= 11 is 6.24. The summed E-state index contributed by atoms with van der Waals surface area (Å²) in [6.07, 6.45) is -0.125. The third kappa shape index (κ3) is 3.98. The molecule has 2 saturated heterocycles. The molecule has 38 heavy (non-hydrogen) atoms. The summed E-state index contributed by atoms with van der Waals surface area (Å²) in [6.45, 7) is 13.5. The molecule has 0 spiro atoms. The van der Waals surface area contributed by atoms with Crippen LogP contribution in [0.25, 0.3) is 0 Å². The molecule has 0 unspecified atom stereocenters. The van der Waals surface area contributed by atoms with E-state index in [1.165, 1.54) is 0 Å². The molecule has 1 amide bonds. The van der Waals surface area contributed by atoms with E-state index in [2.05, 4.69) is 61.9 Å². The lowest BCUT2D eigenvalue weighted by molar-refractivity contribution is -0.199. The number of rotatable bonds is 4. The molecule has 0 radical (unpaired) electrons. The van der Waals surface area contributed by atoms with Gasteiger partial charge in [0.05, 0.1) is 10.6 Å². The fourth-order valence-electron chi connectivity index (χ4n) is 7.26. The van der Waals surface area contributed by atoms with Gasteiger partial charge in [-0.25, -0.2) is 0 Å². The van der Waals surface area contributed by atoms with Gasteiger partial charge in [0.2, 0.25) is 0 Å². The number of ether oxygens (including phenoxy) is 1. The predicted octanol–water partition coefficient (Wildman–Crippen LogP) is 4.30. The standard InChI is InChI=1S/C31H33ClN4O2/c1-30(2)28(31(3,4)29(30)38-24-9-8-21(13-33)26(32)12-24)36-18-22-11-19(7-10-25(22)27(36)37)5-6-20-16-35(17-20)23-14-34-15-23/h7-12,20,23,28-29,34H,14-18H2,1-4H3. The summed E-state index contributed by atoms with van der Waals surface area (Å²) in [5, 5.41) is 12.9. The Balaban J connectivity index is 1.15. The van der Waals surface area contributed by atoms with Crippen LogP contribution in [0.15, 0.2) is 36.4 Å². The first kappa shape index (κ1) is 25.3. The summed E-state index contributed by atoms with van der Waals surface area (Å²) in [7, 11) is 0. The van der Waals surface area contributed by atoms with E-state index in [1.807, 2.05) is 17.0 Å². The Hall–Kier alpha value is -3.03. The first-order valence-electron chi connectivity index (χ1n) is 13.4. The average molecular weight is 529 g/mol. The smallest absolute Gasteiger partial charge is 0.254 e. The van der Waals surface area contributed by atoms with E-state index in [4.69, 9.17) is 21.6 Å². The van der Waals surface area contributed by atoms with Crippen molar-refractivity contribution in [3.8, 4) is 23.7 Å². The third-order valence-corrected chi connectivity index (χ3v) is 9.24. The molecule has 196 valence electrons. The number of likely N-dealkylation sites (tertiary alicyclic amines) is 1. The van der Waals surface area contributed by atoms with Crippen LogP contribution in [0.1, 0.15) is 54.7 Å². The number of nitriles is 1. The van der Waals surface area contributed by atoms with E-state index in [9.17, 15) is 4.79 Å². The van der Waals surface area contributed by atoms with Crippen LogP contribution in [0, 0.1) is 39.9 Å². The number of hydrogen-bond acceptors (Lipinski definition) is 5. The van der Waals surface area contributed by atoms with Gasteiger partial charge >= 0.3 is 0 Å². The molecule has 6 nitrogen and oxygen atoms in total. The third-order valence-electron chi connectivity index (χ3n) is 8.93. The topological polar surface area (TPSA) is 68.6 Å². The van der Waals surface area contributed by atoms with Crippen LogP contribution in [0.5, 0.6) is 5.75 Å². The van der Waals surface area contributed by atoms with Crippen LogP contribution < -0.4 is 10.1 Å². The van der Waals surface area contributed by atoms with Gasteiger partial charge in [-0.2, -0.15) is 5.26 Å². The van der Waals surface area contributed by atoms with Gasteiger partial charge in [-0.05, 0) is 35.9 Å². The second-order valence-electron chi connectivity index (χ2n) is 12.3. The Morgan fingerprint density at radius 2 is 1.82 bits per heavy atom. The number of benzene rings is 2. The summed E-state index contributed by atoms with van der Waals surface area (Å²) in [4.78, 5) is 18.1. The predicted molar refractivity (Wildman–Crippen MR) is 147 cm³/mol. The zero-order valence-electron chi connectivity index (χ0n) is 22.3. The maximum atomic E-state index is 13.5. The highest BCUT2D eigenvalue weighted by Crippen LogP contribution is 2.59. The maximum absolute atomic E-state index is 13.5. The van der Waals surface area contributed by atoms with Gasteiger partial charge in [0.15, 0.2) is 0 Å². The number of carbonyl (C=O) groups is 1. The molecular weight excluding hydrogens is 496 g/mol. The lowest BCUT2D eigenvalue weighted by Gasteiger charge is -2.65. The summed E-state index contributed by atoms with van der Waals surface area (Å²) in [6, 6.07) is 14.0. The van der Waals surface area contributed by atoms with Crippen molar-refractivity contribution < 1.29 is 9.53 Å². The summed E-state index contributed by atoms with van der Waals surface area (Å²) in [5.74, 6) is 7.95. The number of amides is 1. The van der Waals surface area contributed by atoms with Crippen LogP contribution in [0.4, 0.5) is 0 Å². The molecule has 3 heterocycles. The second kappa shape index (κ2) is 9.02. The number of nitrogens with zero attached hydrogens (tertiary/aromatic N) is 3. The van der Waals surface area contributed by atoms with E-state index in [0.717, 1.165) is 42.9 Å². The van der Waals surface area contributed by atoms with E-state index in [0.29, 0.717) is 34.8 Å². The van der Waals surface area contributed by atoms with Gasteiger partial charge in [0.25, 0.3) is 5.91 Å². The van der Waals surface area contributed by atoms with E-state index in [-0.39, 0.29) is 28.9 Å². The monoisotopic (exact) mass is 528 g/mol. The van der Waals surface area contributed by atoms with Crippen LogP contribution >= 0.6 is 11.6 Å². The number of hydrogen-bond donors (Lipinski definition) is 1. The molecule has 0 atom stereocenters. The molecule has 2 aromatic carbocycles. The molecule has 0 bridgehead atoms. The molecule has 1 saturated carbocycles. The van der Waals surface area contributed by atoms with Crippen molar-refractivity contribution in [3.63, 3.8) is 0 Å². The molecule has 7 heteroatoms. The van der Waals surface area contributed by atoms with Crippen molar-refractivity contribution in [3.05, 3.63) is 63.7 Å². The number of halogens is 1. The van der Waals surface area contributed by atoms with Crippen molar-refractivity contribution in [2.24, 2.45) is 16.7 Å². The fourth-order valence-corrected chi connectivity index (χ4v) is 7.47. The molecule has 2 aromatic rings. The minimum Gasteiger partial charge on any atom is -0.489 e. The van der Waals surface area contributed by atoms with Crippen molar-refractivity contribution in [1.29, 1.82) is 5.26 Å². The first-order chi connectivity index (χ1) is 18.1. The SMILES string of the molecule is CC1(C)C(Oc2ccc(C#N)c(Cl)c2)C(C)(C)C1N1Cc2cc(C#CC3CN(C4CNC4)C3)ccc2C1=O. The number of carbonyl (C=O) groups excluding carboxylic acids is 1. The Kier molecular flexibility index (Phi) is 6.00. The minimum absolute atomic E-state index is 0.00485. The van der Waals surface area contributed by atoms with Gasteiger partial charge in [-0.15, -0.1) is 0 Å². The summed E-state index contributed by atoms with van der Waals surface area (Å²) < 4.78 is 6.43. The Morgan fingerprint density at radius 1 is 1.08 bits per heavy atom. The zero-order chi connectivity index (χ0) is 26.8. The minimum atomic E-state index is -0.281. The normalized spacial score (nSPS) is 25.8. The number of fused-ring (bicyclic) bond motifs is 1.